The Morgan fingerprint density at radius 3 is 1.94 bits per heavy atom. The standard InChI is InChI=1S/C28H48O5Si/c1-28(2,3)34(6,7)32-19-17-15-13-11-9-8-10-12-14-16-18-24-23-20-22(30-4)21-25(31-5)26(23)27(29)33-24/h20-21,24H,8-19H2,1-7H3. The minimum atomic E-state index is -1.58. The first-order chi connectivity index (χ1) is 16.1. The number of unbranched alkanes of at least 4 members (excludes halogenated alkanes) is 9. The summed E-state index contributed by atoms with van der Waals surface area (Å²) in [5, 5.41) is 0.306. The molecule has 0 fully saturated rings. The molecule has 5 nitrogen and oxygen atoms in total. The number of ether oxygens (including phenoxy) is 3. The first kappa shape index (κ1) is 28.7. The van der Waals surface area contributed by atoms with Crippen molar-refractivity contribution in [1.29, 1.82) is 0 Å². The van der Waals surface area contributed by atoms with Gasteiger partial charge in [0.25, 0.3) is 0 Å². The number of carbonyl (C=O) groups excluding carboxylic acids is 1. The van der Waals surface area contributed by atoms with E-state index in [1.54, 1.807) is 20.3 Å². The maximum absolute atomic E-state index is 12.3. The summed E-state index contributed by atoms with van der Waals surface area (Å²) in [6, 6.07) is 3.65. The van der Waals surface area contributed by atoms with Crippen molar-refractivity contribution >= 4 is 14.3 Å². The second kappa shape index (κ2) is 13.5. The molecule has 1 aliphatic rings. The highest BCUT2D eigenvalue weighted by Gasteiger charge is 2.37. The third-order valence-corrected chi connectivity index (χ3v) is 12.0. The fraction of sp³-hybridized carbons (Fsp3) is 0.750. The lowest BCUT2D eigenvalue weighted by atomic mass is 9.98. The van der Waals surface area contributed by atoms with Gasteiger partial charge in [0.15, 0.2) is 8.32 Å². The van der Waals surface area contributed by atoms with Gasteiger partial charge in [-0.2, -0.15) is 0 Å². The smallest absolute Gasteiger partial charge is 0.342 e. The maximum atomic E-state index is 12.3. The minimum Gasteiger partial charge on any atom is -0.497 e. The lowest BCUT2D eigenvalue weighted by Crippen LogP contribution is -2.40. The van der Waals surface area contributed by atoms with Crippen LogP contribution in [0.5, 0.6) is 11.5 Å². The molecule has 34 heavy (non-hydrogen) atoms. The number of hydrogen-bond donors (Lipinski definition) is 0. The Hall–Kier alpha value is -1.53. The van der Waals surface area contributed by atoms with Crippen molar-refractivity contribution in [3.05, 3.63) is 23.3 Å². The fourth-order valence-corrected chi connectivity index (χ4v) is 5.31. The molecule has 194 valence electrons. The molecule has 0 aromatic heterocycles. The van der Waals surface area contributed by atoms with E-state index in [0.717, 1.165) is 25.0 Å². The van der Waals surface area contributed by atoms with Gasteiger partial charge in [-0.1, -0.05) is 72.1 Å². The maximum Gasteiger partial charge on any atom is 0.342 e. The molecule has 1 heterocycles. The quantitative estimate of drug-likeness (QED) is 0.132. The van der Waals surface area contributed by atoms with Gasteiger partial charge in [0, 0.05) is 18.2 Å². The molecule has 0 bridgehead atoms. The highest BCUT2D eigenvalue weighted by Crippen LogP contribution is 2.41. The molecule has 6 heteroatoms. The number of carbonyl (C=O) groups is 1. The largest absolute Gasteiger partial charge is 0.497 e. The van der Waals surface area contributed by atoms with Gasteiger partial charge in [0.05, 0.1) is 14.2 Å². The van der Waals surface area contributed by atoms with Crippen LogP contribution in [0, 0.1) is 0 Å². The van der Waals surface area contributed by atoms with E-state index in [2.05, 4.69) is 33.9 Å². The Morgan fingerprint density at radius 2 is 1.41 bits per heavy atom. The molecular weight excluding hydrogens is 444 g/mol. The van der Waals surface area contributed by atoms with Crippen LogP contribution in [-0.4, -0.2) is 35.1 Å². The summed E-state index contributed by atoms with van der Waals surface area (Å²) < 4.78 is 22.6. The van der Waals surface area contributed by atoms with Crippen LogP contribution in [0.1, 0.15) is 113 Å². The molecule has 0 aliphatic carbocycles. The molecule has 0 radical (unpaired) electrons. The molecule has 0 saturated heterocycles. The number of rotatable bonds is 16. The summed E-state index contributed by atoms with van der Waals surface area (Å²) in [7, 11) is 1.62. The van der Waals surface area contributed by atoms with Gasteiger partial charge in [-0.3, -0.25) is 0 Å². The highest BCUT2D eigenvalue weighted by atomic mass is 28.4. The summed E-state index contributed by atoms with van der Waals surface area (Å²) in [5.74, 6) is 0.943. The number of methoxy groups -OCH3 is 2. The van der Waals surface area contributed by atoms with Gasteiger partial charge in [0.1, 0.15) is 23.2 Å². The number of benzene rings is 1. The van der Waals surface area contributed by atoms with Crippen LogP contribution in [0.25, 0.3) is 0 Å². The van der Waals surface area contributed by atoms with Crippen LogP contribution in [-0.2, 0) is 9.16 Å². The van der Waals surface area contributed by atoms with Crippen molar-refractivity contribution in [2.45, 2.75) is 116 Å². The Labute approximate surface area is 209 Å². The Kier molecular flexibility index (Phi) is 11.4. The van der Waals surface area contributed by atoms with Crippen LogP contribution in [0.2, 0.25) is 18.1 Å². The average Bonchev–Trinajstić information content (AvgIpc) is 3.10. The molecule has 1 atom stereocenters. The van der Waals surface area contributed by atoms with E-state index in [-0.39, 0.29) is 12.1 Å². The van der Waals surface area contributed by atoms with Crippen LogP contribution in [0.15, 0.2) is 12.1 Å². The van der Waals surface area contributed by atoms with Gasteiger partial charge in [-0.15, -0.1) is 0 Å². The van der Waals surface area contributed by atoms with E-state index in [9.17, 15) is 4.79 Å². The topological polar surface area (TPSA) is 54.0 Å². The summed E-state index contributed by atoms with van der Waals surface area (Å²) in [4.78, 5) is 12.3. The minimum absolute atomic E-state index is 0.188. The molecular formula is C28H48O5Si. The zero-order valence-corrected chi connectivity index (χ0v) is 23.8. The molecule has 1 aliphatic heterocycles. The third-order valence-electron chi connectivity index (χ3n) is 7.49. The second-order valence-electron chi connectivity index (χ2n) is 11.1. The second-order valence-corrected chi connectivity index (χ2v) is 15.9. The predicted molar refractivity (Wildman–Crippen MR) is 142 cm³/mol. The number of hydrogen-bond acceptors (Lipinski definition) is 5. The van der Waals surface area contributed by atoms with E-state index >= 15 is 0 Å². The Bertz CT molecular complexity index is 769. The highest BCUT2D eigenvalue weighted by molar-refractivity contribution is 6.74. The van der Waals surface area contributed by atoms with Gasteiger partial charge in [-0.25, -0.2) is 4.79 Å². The van der Waals surface area contributed by atoms with Crippen molar-refractivity contribution < 1.29 is 23.4 Å². The van der Waals surface area contributed by atoms with Crippen molar-refractivity contribution in [3.63, 3.8) is 0 Å². The summed E-state index contributed by atoms with van der Waals surface area (Å²) in [5.41, 5.74) is 1.45. The molecule has 0 amide bonds. The normalized spacial score (nSPS) is 15.9. The first-order valence-electron chi connectivity index (χ1n) is 13.2. The van der Waals surface area contributed by atoms with Gasteiger partial charge < -0.3 is 18.6 Å². The van der Waals surface area contributed by atoms with Crippen molar-refractivity contribution in [2.24, 2.45) is 0 Å². The van der Waals surface area contributed by atoms with Crippen molar-refractivity contribution in [2.75, 3.05) is 20.8 Å². The van der Waals surface area contributed by atoms with E-state index in [1.807, 2.05) is 6.07 Å². The van der Waals surface area contributed by atoms with E-state index in [4.69, 9.17) is 18.6 Å². The average molecular weight is 493 g/mol. The number of esters is 1. The summed E-state index contributed by atoms with van der Waals surface area (Å²) in [6.45, 7) is 12.5. The summed E-state index contributed by atoms with van der Waals surface area (Å²) in [6.07, 6.45) is 13.2. The van der Waals surface area contributed by atoms with Crippen LogP contribution in [0.3, 0.4) is 0 Å². The lowest BCUT2D eigenvalue weighted by Gasteiger charge is -2.36. The molecule has 0 saturated carbocycles. The van der Waals surface area contributed by atoms with Gasteiger partial charge in [-0.05, 0) is 43.5 Å². The Morgan fingerprint density at radius 1 is 0.853 bits per heavy atom. The van der Waals surface area contributed by atoms with Crippen molar-refractivity contribution in [3.8, 4) is 11.5 Å². The van der Waals surface area contributed by atoms with Crippen LogP contribution >= 0.6 is 0 Å². The molecule has 1 aromatic carbocycles. The zero-order valence-electron chi connectivity index (χ0n) is 22.8. The molecule has 2 rings (SSSR count). The van der Waals surface area contributed by atoms with Crippen LogP contribution in [0.4, 0.5) is 0 Å². The molecule has 0 N–H and O–H groups in total. The van der Waals surface area contributed by atoms with Gasteiger partial charge >= 0.3 is 5.97 Å². The Balaban J connectivity index is 1.52. The van der Waals surface area contributed by atoms with E-state index in [1.165, 1.54) is 57.8 Å². The van der Waals surface area contributed by atoms with Crippen LogP contribution < -0.4 is 9.47 Å². The first-order valence-corrected chi connectivity index (χ1v) is 16.1. The van der Waals surface area contributed by atoms with E-state index in [0.29, 0.717) is 22.1 Å². The summed E-state index contributed by atoms with van der Waals surface area (Å²) >= 11 is 0. The zero-order chi connectivity index (χ0) is 25.2. The third kappa shape index (κ3) is 8.30. The molecule has 1 unspecified atom stereocenters. The lowest BCUT2D eigenvalue weighted by molar-refractivity contribution is 0.0361. The predicted octanol–water partition coefficient (Wildman–Crippen LogP) is 8.23. The number of fused-ring (bicyclic) bond motifs is 1. The SMILES string of the molecule is COc1cc(OC)c2c(c1)C(CCCCCCCCCCCCO[Si](C)(C)C(C)(C)C)OC2=O. The van der Waals surface area contributed by atoms with Gasteiger partial charge in [0.2, 0.25) is 0 Å². The fourth-order valence-electron chi connectivity index (χ4n) is 4.22. The number of cyclic esters (lactones) is 1. The molecule has 0 spiro atoms. The molecule has 1 aromatic rings. The van der Waals surface area contributed by atoms with E-state index < -0.39 is 8.32 Å². The monoisotopic (exact) mass is 492 g/mol. The van der Waals surface area contributed by atoms with Crippen molar-refractivity contribution in [1.82, 2.24) is 0 Å².